The SMILES string of the molecule is Cl.O=[N+]([O-])c1ccccc1[C@H](CO)N1CCNCC1. The maximum Gasteiger partial charge on any atom is 0.274 e. The molecule has 1 saturated heterocycles. The van der Waals surface area contributed by atoms with Gasteiger partial charge in [0, 0.05) is 37.8 Å². The predicted molar refractivity (Wildman–Crippen MR) is 74.6 cm³/mol. The van der Waals surface area contributed by atoms with Gasteiger partial charge in [0.15, 0.2) is 0 Å². The number of nitro groups is 1. The van der Waals surface area contributed by atoms with Crippen LogP contribution in [0.4, 0.5) is 5.69 Å². The van der Waals surface area contributed by atoms with Crippen molar-refractivity contribution in [3.63, 3.8) is 0 Å². The van der Waals surface area contributed by atoms with Gasteiger partial charge in [-0.3, -0.25) is 15.0 Å². The molecule has 2 N–H and O–H groups in total. The summed E-state index contributed by atoms with van der Waals surface area (Å²) in [6, 6.07) is 6.33. The zero-order valence-corrected chi connectivity index (χ0v) is 11.3. The highest BCUT2D eigenvalue weighted by Gasteiger charge is 2.27. The summed E-state index contributed by atoms with van der Waals surface area (Å²) in [6.45, 7) is 3.16. The van der Waals surface area contributed by atoms with Crippen LogP contribution >= 0.6 is 12.4 Å². The van der Waals surface area contributed by atoms with E-state index >= 15 is 0 Å². The molecule has 0 aliphatic carbocycles. The van der Waals surface area contributed by atoms with Crippen molar-refractivity contribution in [1.82, 2.24) is 10.2 Å². The van der Waals surface area contributed by atoms with Crippen molar-refractivity contribution in [3.05, 3.63) is 39.9 Å². The Morgan fingerprint density at radius 2 is 2.00 bits per heavy atom. The van der Waals surface area contributed by atoms with Crippen LogP contribution in [0.25, 0.3) is 0 Å². The van der Waals surface area contributed by atoms with E-state index in [0.717, 1.165) is 26.2 Å². The normalized spacial score (nSPS) is 17.5. The Kier molecular flexibility index (Phi) is 6.17. The van der Waals surface area contributed by atoms with Crippen molar-refractivity contribution in [3.8, 4) is 0 Å². The number of para-hydroxylation sites is 1. The number of piperazine rings is 1. The lowest BCUT2D eigenvalue weighted by molar-refractivity contribution is -0.386. The summed E-state index contributed by atoms with van der Waals surface area (Å²) >= 11 is 0. The number of aliphatic hydroxyl groups excluding tert-OH is 1. The number of halogens is 1. The predicted octanol–water partition coefficient (Wildman–Crippen LogP) is 0.955. The van der Waals surface area contributed by atoms with Crippen LogP contribution in [0.1, 0.15) is 11.6 Å². The van der Waals surface area contributed by atoms with Crippen molar-refractivity contribution in [2.45, 2.75) is 6.04 Å². The highest BCUT2D eigenvalue weighted by Crippen LogP contribution is 2.28. The lowest BCUT2D eigenvalue weighted by atomic mass is 10.0. The fourth-order valence-electron chi connectivity index (χ4n) is 2.34. The second-order valence-electron chi connectivity index (χ2n) is 4.30. The fourth-order valence-corrected chi connectivity index (χ4v) is 2.34. The zero-order chi connectivity index (χ0) is 13.0. The van der Waals surface area contributed by atoms with Crippen LogP contribution in [0.5, 0.6) is 0 Å². The molecular weight excluding hydrogens is 270 g/mol. The summed E-state index contributed by atoms with van der Waals surface area (Å²) in [5.41, 5.74) is 0.669. The number of nitro benzene ring substituents is 1. The third-order valence-corrected chi connectivity index (χ3v) is 3.26. The van der Waals surface area contributed by atoms with Crippen molar-refractivity contribution < 1.29 is 10.0 Å². The molecule has 1 heterocycles. The van der Waals surface area contributed by atoms with Gasteiger partial charge in [-0.15, -0.1) is 12.4 Å². The van der Waals surface area contributed by atoms with Gasteiger partial charge in [-0.1, -0.05) is 18.2 Å². The Labute approximate surface area is 118 Å². The number of rotatable bonds is 4. The van der Waals surface area contributed by atoms with E-state index in [1.165, 1.54) is 6.07 Å². The Morgan fingerprint density at radius 3 is 2.58 bits per heavy atom. The first-order chi connectivity index (χ1) is 8.74. The van der Waals surface area contributed by atoms with E-state index in [2.05, 4.69) is 10.2 Å². The standard InChI is InChI=1S/C12H17N3O3.ClH/c16-9-12(14-7-5-13-6-8-14)10-3-1-2-4-11(10)15(17)18;/h1-4,12-13,16H,5-9H2;1H/t12-;/m0./s1. The van der Waals surface area contributed by atoms with Crippen LogP contribution in [0.15, 0.2) is 24.3 Å². The first kappa shape index (κ1) is 15.8. The molecule has 0 saturated carbocycles. The quantitative estimate of drug-likeness (QED) is 0.637. The summed E-state index contributed by atoms with van der Waals surface area (Å²) in [7, 11) is 0. The summed E-state index contributed by atoms with van der Waals surface area (Å²) in [6.07, 6.45) is 0. The molecule has 7 heteroatoms. The molecule has 0 aromatic heterocycles. The van der Waals surface area contributed by atoms with E-state index < -0.39 is 0 Å². The van der Waals surface area contributed by atoms with Gasteiger partial charge in [-0.25, -0.2) is 0 Å². The topological polar surface area (TPSA) is 78.6 Å². The minimum atomic E-state index is -0.389. The fraction of sp³-hybridized carbons (Fsp3) is 0.500. The smallest absolute Gasteiger partial charge is 0.274 e. The first-order valence-electron chi connectivity index (χ1n) is 6.03. The average molecular weight is 288 g/mol. The minimum absolute atomic E-state index is 0. The average Bonchev–Trinajstić information content (AvgIpc) is 2.41. The van der Waals surface area contributed by atoms with Gasteiger partial charge in [0.1, 0.15) is 0 Å². The maximum atomic E-state index is 11.0. The molecule has 19 heavy (non-hydrogen) atoms. The summed E-state index contributed by atoms with van der Waals surface area (Å²) in [4.78, 5) is 12.7. The molecular formula is C12H18ClN3O3. The van der Waals surface area contributed by atoms with E-state index in [0.29, 0.717) is 5.56 Å². The van der Waals surface area contributed by atoms with Crippen LogP contribution < -0.4 is 5.32 Å². The molecule has 0 radical (unpaired) electrons. The lowest BCUT2D eigenvalue weighted by Crippen LogP contribution is -2.46. The second kappa shape index (κ2) is 7.40. The van der Waals surface area contributed by atoms with Crippen molar-refractivity contribution >= 4 is 18.1 Å². The van der Waals surface area contributed by atoms with E-state index in [1.807, 2.05) is 0 Å². The third kappa shape index (κ3) is 3.63. The van der Waals surface area contributed by atoms with Gasteiger partial charge < -0.3 is 10.4 Å². The van der Waals surface area contributed by atoms with Gasteiger partial charge in [0.05, 0.1) is 17.6 Å². The lowest BCUT2D eigenvalue weighted by Gasteiger charge is -2.33. The molecule has 1 aliphatic heterocycles. The molecule has 1 fully saturated rings. The van der Waals surface area contributed by atoms with Crippen molar-refractivity contribution in [1.29, 1.82) is 0 Å². The number of hydrogen-bond donors (Lipinski definition) is 2. The van der Waals surface area contributed by atoms with Gasteiger partial charge in [0.2, 0.25) is 0 Å². The zero-order valence-electron chi connectivity index (χ0n) is 10.5. The first-order valence-corrected chi connectivity index (χ1v) is 6.03. The molecule has 1 aromatic rings. The molecule has 6 nitrogen and oxygen atoms in total. The van der Waals surface area contributed by atoms with Crippen LogP contribution in [0, 0.1) is 10.1 Å². The largest absolute Gasteiger partial charge is 0.394 e. The summed E-state index contributed by atoms with van der Waals surface area (Å²) in [5.74, 6) is 0. The van der Waals surface area contributed by atoms with Gasteiger partial charge in [-0.05, 0) is 0 Å². The highest BCUT2D eigenvalue weighted by atomic mass is 35.5. The molecule has 0 bridgehead atoms. The molecule has 1 aliphatic rings. The van der Waals surface area contributed by atoms with Crippen molar-refractivity contribution in [2.75, 3.05) is 32.8 Å². The molecule has 106 valence electrons. The Morgan fingerprint density at radius 1 is 1.37 bits per heavy atom. The van der Waals surface area contributed by atoms with Crippen LogP contribution in [-0.4, -0.2) is 47.7 Å². The van der Waals surface area contributed by atoms with Crippen LogP contribution in [-0.2, 0) is 0 Å². The minimum Gasteiger partial charge on any atom is -0.394 e. The molecule has 1 atom stereocenters. The number of aliphatic hydroxyl groups is 1. The van der Waals surface area contributed by atoms with E-state index in [4.69, 9.17) is 0 Å². The summed E-state index contributed by atoms with van der Waals surface area (Å²) in [5, 5.41) is 23.8. The molecule has 0 unspecified atom stereocenters. The number of nitrogens with one attached hydrogen (secondary N) is 1. The molecule has 0 spiro atoms. The number of hydrogen-bond acceptors (Lipinski definition) is 5. The van der Waals surface area contributed by atoms with Crippen LogP contribution in [0.3, 0.4) is 0 Å². The van der Waals surface area contributed by atoms with Crippen LogP contribution in [0.2, 0.25) is 0 Å². The number of benzene rings is 1. The third-order valence-electron chi connectivity index (χ3n) is 3.26. The molecule has 1 aromatic carbocycles. The van der Waals surface area contributed by atoms with Gasteiger partial charge >= 0.3 is 0 Å². The van der Waals surface area contributed by atoms with E-state index in [1.54, 1.807) is 18.2 Å². The van der Waals surface area contributed by atoms with Gasteiger partial charge in [-0.2, -0.15) is 0 Å². The van der Waals surface area contributed by atoms with E-state index in [-0.39, 0.29) is 35.7 Å². The molecule has 2 rings (SSSR count). The Bertz CT molecular complexity index is 424. The Balaban J connectivity index is 0.00000180. The number of nitrogens with zero attached hydrogens (tertiary/aromatic N) is 2. The highest BCUT2D eigenvalue weighted by molar-refractivity contribution is 5.85. The van der Waals surface area contributed by atoms with Crippen molar-refractivity contribution in [2.24, 2.45) is 0 Å². The monoisotopic (exact) mass is 287 g/mol. The van der Waals surface area contributed by atoms with Gasteiger partial charge in [0.25, 0.3) is 5.69 Å². The second-order valence-corrected chi connectivity index (χ2v) is 4.30. The van der Waals surface area contributed by atoms with E-state index in [9.17, 15) is 15.2 Å². The molecule has 0 amide bonds. The maximum absolute atomic E-state index is 11.0. The Hall–Kier alpha value is -1.21. The summed E-state index contributed by atoms with van der Waals surface area (Å²) < 4.78 is 0.